The summed E-state index contributed by atoms with van der Waals surface area (Å²) in [6, 6.07) is 25.7. The van der Waals surface area contributed by atoms with Gasteiger partial charge in [-0.05, 0) is 71.8 Å². The summed E-state index contributed by atoms with van der Waals surface area (Å²) in [7, 11) is 0. The largest absolute Gasteiger partial charge is 0.365 e. The fourth-order valence-electron chi connectivity index (χ4n) is 4.88. The van der Waals surface area contributed by atoms with E-state index in [0.29, 0.717) is 31.3 Å². The van der Waals surface area contributed by atoms with E-state index < -0.39 is 5.54 Å². The highest BCUT2D eigenvalue weighted by atomic mass is 35.5. The molecule has 1 aliphatic rings. The summed E-state index contributed by atoms with van der Waals surface area (Å²) in [6.07, 6.45) is 0. The number of Topliss-reactive ketones (excluding diaryl/α,β-unsaturated/α-hetero) is 1. The summed E-state index contributed by atoms with van der Waals surface area (Å²) in [5.41, 5.74) is 4.00. The van der Waals surface area contributed by atoms with Crippen molar-refractivity contribution < 1.29 is 4.79 Å². The van der Waals surface area contributed by atoms with Gasteiger partial charge < -0.3 is 10.3 Å². The van der Waals surface area contributed by atoms with Crippen molar-refractivity contribution >= 4 is 68.8 Å². The van der Waals surface area contributed by atoms with E-state index in [1.54, 1.807) is 24.3 Å². The average Bonchev–Trinajstić information content (AvgIpc) is 3.36. The maximum absolute atomic E-state index is 14.4. The molecule has 4 aromatic carbocycles. The molecule has 35 heavy (non-hydrogen) atoms. The van der Waals surface area contributed by atoms with E-state index in [1.807, 2.05) is 60.7 Å². The molecule has 0 bridgehead atoms. The molecule has 172 valence electrons. The van der Waals surface area contributed by atoms with Gasteiger partial charge in [0.15, 0.2) is 11.3 Å². The number of carbonyl (C=O) groups excluding carboxylic acids is 1. The molecule has 5 aromatic rings. The van der Waals surface area contributed by atoms with Crippen LogP contribution in [0.2, 0.25) is 20.1 Å². The second kappa shape index (κ2) is 8.32. The Balaban J connectivity index is 1.74. The van der Waals surface area contributed by atoms with Crippen LogP contribution in [0.4, 0.5) is 5.69 Å². The third-order valence-electron chi connectivity index (χ3n) is 6.43. The number of aromatic amines is 1. The molecule has 0 saturated heterocycles. The highest BCUT2D eigenvalue weighted by molar-refractivity contribution is 6.33. The number of aromatic nitrogens is 1. The van der Waals surface area contributed by atoms with Crippen molar-refractivity contribution in [3.8, 4) is 11.3 Å². The first kappa shape index (κ1) is 22.5. The number of H-pyrrole nitrogens is 1. The van der Waals surface area contributed by atoms with Gasteiger partial charge in [-0.3, -0.25) is 4.79 Å². The quantitative estimate of drug-likeness (QED) is 0.241. The summed E-state index contributed by atoms with van der Waals surface area (Å²) in [4.78, 5) is 17.9. The van der Waals surface area contributed by atoms with Gasteiger partial charge in [-0.15, -0.1) is 0 Å². The van der Waals surface area contributed by atoms with Crippen molar-refractivity contribution in [2.45, 2.75) is 5.54 Å². The van der Waals surface area contributed by atoms with Crippen LogP contribution in [0.1, 0.15) is 21.5 Å². The maximum atomic E-state index is 14.4. The Bertz CT molecular complexity index is 1620. The van der Waals surface area contributed by atoms with Crippen molar-refractivity contribution in [1.29, 1.82) is 0 Å². The minimum absolute atomic E-state index is 0.117. The van der Waals surface area contributed by atoms with Crippen LogP contribution in [-0.4, -0.2) is 10.8 Å². The smallest absolute Gasteiger partial charge is 0.199 e. The summed E-state index contributed by atoms with van der Waals surface area (Å²) in [5, 5.41) is 6.65. The molecule has 0 amide bonds. The number of hydrogen-bond acceptors (Lipinski definition) is 2. The molecule has 0 saturated carbocycles. The minimum atomic E-state index is -1.25. The first-order valence-electron chi connectivity index (χ1n) is 10.8. The molecule has 7 heteroatoms. The van der Waals surface area contributed by atoms with Gasteiger partial charge in [-0.25, -0.2) is 0 Å². The molecule has 1 atom stereocenters. The van der Waals surface area contributed by atoms with Crippen molar-refractivity contribution in [3.63, 3.8) is 0 Å². The molecule has 1 aliphatic heterocycles. The van der Waals surface area contributed by atoms with Gasteiger partial charge in [0.25, 0.3) is 0 Å². The molecule has 0 spiro atoms. The summed E-state index contributed by atoms with van der Waals surface area (Å²) in [5.74, 6) is -0.117. The number of ketones is 1. The van der Waals surface area contributed by atoms with Crippen LogP contribution in [0.15, 0.2) is 84.9 Å². The van der Waals surface area contributed by atoms with Crippen LogP contribution in [0, 0.1) is 0 Å². The molecule has 1 aromatic heterocycles. The Morgan fingerprint density at radius 3 is 1.97 bits per heavy atom. The lowest BCUT2D eigenvalue weighted by Crippen LogP contribution is -2.40. The van der Waals surface area contributed by atoms with E-state index in [9.17, 15) is 4.79 Å². The Kier molecular flexibility index (Phi) is 5.35. The van der Waals surface area contributed by atoms with Crippen LogP contribution >= 0.6 is 46.4 Å². The number of carbonyl (C=O) groups is 1. The van der Waals surface area contributed by atoms with E-state index in [4.69, 9.17) is 46.4 Å². The molecule has 6 rings (SSSR count). The van der Waals surface area contributed by atoms with E-state index in [-0.39, 0.29) is 5.78 Å². The first-order chi connectivity index (χ1) is 16.9. The van der Waals surface area contributed by atoms with Crippen molar-refractivity contribution in [3.05, 3.63) is 122 Å². The van der Waals surface area contributed by atoms with Gasteiger partial charge in [-0.1, -0.05) is 70.7 Å². The van der Waals surface area contributed by atoms with E-state index >= 15 is 0 Å². The summed E-state index contributed by atoms with van der Waals surface area (Å²) in [6.45, 7) is 0. The lowest BCUT2D eigenvalue weighted by molar-refractivity contribution is 0.0942. The minimum Gasteiger partial charge on any atom is -0.365 e. The lowest BCUT2D eigenvalue weighted by atomic mass is 9.77. The number of hydrogen-bond donors (Lipinski definition) is 2. The SMILES string of the molecule is O=C1c2cc(Cl)ccc2NC1(c1ccc(Cl)cc1)c1c(-c2ccc(Cl)cc2)[nH]c2ccc(Cl)cc12. The van der Waals surface area contributed by atoms with Crippen molar-refractivity contribution in [1.82, 2.24) is 4.98 Å². The molecule has 1 unspecified atom stereocenters. The van der Waals surface area contributed by atoms with Crippen molar-refractivity contribution in [2.24, 2.45) is 0 Å². The molecule has 0 aliphatic carbocycles. The molecular formula is C28H16Cl4N2O. The van der Waals surface area contributed by atoms with Crippen molar-refractivity contribution in [2.75, 3.05) is 5.32 Å². The number of nitrogens with one attached hydrogen (secondary N) is 2. The highest BCUT2D eigenvalue weighted by Gasteiger charge is 2.51. The first-order valence-corrected chi connectivity index (χ1v) is 12.3. The third-order valence-corrected chi connectivity index (χ3v) is 7.41. The average molecular weight is 538 g/mol. The lowest BCUT2D eigenvalue weighted by Gasteiger charge is -2.31. The van der Waals surface area contributed by atoms with Crippen LogP contribution in [0.25, 0.3) is 22.2 Å². The Morgan fingerprint density at radius 2 is 1.26 bits per heavy atom. The number of rotatable bonds is 3. The Labute approximate surface area is 221 Å². The fraction of sp³-hybridized carbons (Fsp3) is 0.0357. The maximum Gasteiger partial charge on any atom is 0.199 e. The second-order valence-corrected chi connectivity index (χ2v) is 10.2. The van der Waals surface area contributed by atoms with Gasteiger partial charge in [0.05, 0.1) is 5.69 Å². The van der Waals surface area contributed by atoms with Crippen LogP contribution in [0.5, 0.6) is 0 Å². The van der Waals surface area contributed by atoms with Gasteiger partial charge in [0, 0.05) is 47.8 Å². The van der Waals surface area contributed by atoms with E-state index in [2.05, 4.69) is 10.3 Å². The fourth-order valence-corrected chi connectivity index (χ4v) is 5.48. The molecule has 2 heterocycles. The Hall–Kier alpha value is -2.95. The number of benzene rings is 4. The number of anilines is 1. The van der Waals surface area contributed by atoms with Gasteiger partial charge in [0.1, 0.15) is 0 Å². The van der Waals surface area contributed by atoms with Crippen LogP contribution < -0.4 is 5.32 Å². The van der Waals surface area contributed by atoms with Gasteiger partial charge in [0.2, 0.25) is 0 Å². The Morgan fingerprint density at radius 1 is 0.657 bits per heavy atom. The van der Waals surface area contributed by atoms with E-state index in [0.717, 1.165) is 33.3 Å². The number of halogens is 4. The molecule has 0 radical (unpaired) electrons. The standard InChI is InChI=1S/C28H16Cl4N2O/c29-17-5-1-15(2-6-17)26-25(21-13-19(31)9-11-23(21)33-26)28(16-3-7-18(30)8-4-16)27(35)22-14-20(32)10-12-24(22)34-28/h1-14,33-34H. The van der Waals surface area contributed by atoms with Crippen LogP contribution in [0.3, 0.4) is 0 Å². The van der Waals surface area contributed by atoms with Gasteiger partial charge >= 0.3 is 0 Å². The third kappa shape index (κ3) is 3.54. The number of fused-ring (bicyclic) bond motifs is 2. The zero-order chi connectivity index (χ0) is 24.3. The van der Waals surface area contributed by atoms with Crippen LogP contribution in [-0.2, 0) is 5.54 Å². The van der Waals surface area contributed by atoms with Gasteiger partial charge in [-0.2, -0.15) is 0 Å². The molecule has 2 N–H and O–H groups in total. The monoisotopic (exact) mass is 536 g/mol. The second-order valence-electron chi connectivity index (χ2n) is 8.47. The predicted octanol–water partition coefficient (Wildman–Crippen LogP) is 9.00. The predicted molar refractivity (Wildman–Crippen MR) is 145 cm³/mol. The molecule has 0 fully saturated rings. The van der Waals surface area contributed by atoms with E-state index in [1.165, 1.54) is 0 Å². The zero-order valence-corrected chi connectivity index (χ0v) is 21.0. The molecular weight excluding hydrogens is 522 g/mol. The summed E-state index contributed by atoms with van der Waals surface area (Å²) >= 11 is 25.2. The zero-order valence-electron chi connectivity index (χ0n) is 18.0. The normalized spacial score (nSPS) is 17.0. The highest BCUT2D eigenvalue weighted by Crippen LogP contribution is 2.50. The summed E-state index contributed by atoms with van der Waals surface area (Å²) < 4.78 is 0. The topological polar surface area (TPSA) is 44.9 Å². The molecule has 3 nitrogen and oxygen atoms in total.